The lowest BCUT2D eigenvalue weighted by Crippen LogP contribution is -2.19. The molecule has 1 aliphatic carbocycles. The number of aromatic nitrogens is 2. The number of rotatable bonds is 9. The fourth-order valence-corrected chi connectivity index (χ4v) is 4.32. The van der Waals surface area contributed by atoms with Crippen LogP contribution >= 0.6 is 12.4 Å². The predicted octanol–water partition coefficient (Wildman–Crippen LogP) is 4.39. The molecule has 0 bridgehead atoms. The highest BCUT2D eigenvalue weighted by molar-refractivity contribution is 5.85. The van der Waals surface area contributed by atoms with Gasteiger partial charge in [-0.05, 0) is 74.0 Å². The minimum absolute atomic E-state index is 0. The van der Waals surface area contributed by atoms with Crippen LogP contribution in [-0.4, -0.2) is 27.4 Å². The molecule has 0 saturated heterocycles. The first-order valence-corrected chi connectivity index (χ1v) is 11.5. The highest BCUT2D eigenvalue weighted by Gasteiger charge is 2.13. The Morgan fingerprint density at radius 1 is 1.06 bits per heavy atom. The molecule has 1 aliphatic rings. The minimum atomic E-state index is -0.773. The number of hydrogen-bond acceptors (Lipinski definition) is 4. The summed E-state index contributed by atoms with van der Waals surface area (Å²) in [6.07, 6.45) is 7.95. The summed E-state index contributed by atoms with van der Waals surface area (Å²) in [5, 5.41) is 14.1. The number of aryl methyl sites for hydroxylation is 2. The standard InChI is InChI=1S/C26H33N3O3.ClH/c1-28-23-13-10-21(16-24(23)29(2)26(28)31)25(30)18-32-22-11-8-20(9-12-22)17-27-15-14-19-6-4-3-5-7-19;/h6,8-13,16,25,27,30H,3-5,7,14-15,17-18H2,1-2H3;1H. The van der Waals surface area contributed by atoms with Gasteiger partial charge in [0.1, 0.15) is 18.5 Å². The van der Waals surface area contributed by atoms with Crippen molar-refractivity contribution in [1.29, 1.82) is 0 Å². The van der Waals surface area contributed by atoms with Gasteiger partial charge in [-0.3, -0.25) is 9.13 Å². The lowest BCUT2D eigenvalue weighted by atomic mass is 9.97. The molecule has 3 aromatic rings. The van der Waals surface area contributed by atoms with Gasteiger partial charge >= 0.3 is 5.69 Å². The maximum atomic E-state index is 12.1. The summed E-state index contributed by atoms with van der Waals surface area (Å²) in [6, 6.07) is 13.6. The van der Waals surface area contributed by atoms with Crippen molar-refractivity contribution < 1.29 is 9.84 Å². The highest BCUT2D eigenvalue weighted by Crippen LogP contribution is 2.22. The van der Waals surface area contributed by atoms with E-state index >= 15 is 0 Å². The molecule has 1 aromatic heterocycles. The Morgan fingerprint density at radius 2 is 1.82 bits per heavy atom. The van der Waals surface area contributed by atoms with Gasteiger partial charge in [0.15, 0.2) is 0 Å². The normalized spacial score (nSPS) is 14.6. The third-order valence-corrected chi connectivity index (χ3v) is 6.35. The Bertz CT molecular complexity index is 1150. The lowest BCUT2D eigenvalue weighted by molar-refractivity contribution is 0.108. The van der Waals surface area contributed by atoms with Crippen LogP contribution in [-0.2, 0) is 20.6 Å². The second kappa shape index (κ2) is 11.5. The fourth-order valence-electron chi connectivity index (χ4n) is 4.32. The van der Waals surface area contributed by atoms with Crippen LogP contribution in [0.2, 0.25) is 0 Å². The van der Waals surface area contributed by atoms with E-state index in [2.05, 4.69) is 23.5 Å². The average Bonchev–Trinajstić information content (AvgIpc) is 3.05. The number of benzene rings is 2. The third-order valence-electron chi connectivity index (χ3n) is 6.35. The Kier molecular flexibility index (Phi) is 8.78. The highest BCUT2D eigenvalue weighted by atomic mass is 35.5. The lowest BCUT2D eigenvalue weighted by Gasteiger charge is -2.14. The van der Waals surface area contributed by atoms with Gasteiger partial charge in [0.05, 0.1) is 11.0 Å². The molecule has 0 aliphatic heterocycles. The molecule has 2 N–H and O–H groups in total. The Morgan fingerprint density at radius 3 is 2.55 bits per heavy atom. The Hall–Kier alpha value is -2.54. The molecule has 2 aromatic carbocycles. The number of ether oxygens (including phenoxy) is 1. The van der Waals surface area contributed by atoms with Crippen molar-refractivity contribution in [2.45, 2.75) is 44.8 Å². The van der Waals surface area contributed by atoms with E-state index in [9.17, 15) is 9.90 Å². The van der Waals surface area contributed by atoms with Gasteiger partial charge in [-0.1, -0.05) is 29.8 Å². The fraction of sp³-hybridized carbons (Fsp3) is 0.423. The molecule has 1 heterocycles. The minimum Gasteiger partial charge on any atom is -0.491 e. The van der Waals surface area contributed by atoms with E-state index in [1.165, 1.54) is 31.2 Å². The zero-order valence-corrected chi connectivity index (χ0v) is 20.2. The Balaban J connectivity index is 0.00000306. The molecule has 1 unspecified atom stereocenters. The van der Waals surface area contributed by atoms with Crippen LogP contribution in [0.15, 0.2) is 58.9 Å². The zero-order valence-electron chi connectivity index (χ0n) is 19.4. The van der Waals surface area contributed by atoms with Crippen molar-refractivity contribution in [1.82, 2.24) is 14.5 Å². The SMILES string of the molecule is Cl.Cn1c(=O)n(C)c2cc(C(O)COc3ccc(CNCCC4=CCCCC4)cc3)ccc21. The van der Waals surface area contributed by atoms with Crippen molar-refractivity contribution >= 4 is 23.4 Å². The number of halogens is 1. The molecule has 4 rings (SSSR count). The van der Waals surface area contributed by atoms with E-state index in [1.54, 1.807) is 28.8 Å². The second-order valence-corrected chi connectivity index (χ2v) is 8.65. The molecule has 0 fully saturated rings. The predicted molar refractivity (Wildman–Crippen MR) is 135 cm³/mol. The number of nitrogens with zero attached hydrogens (tertiary/aromatic N) is 2. The van der Waals surface area contributed by atoms with Crippen LogP contribution in [0.1, 0.15) is 49.3 Å². The summed E-state index contributed by atoms with van der Waals surface area (Å²) in [7, 11) is 3.48. The summed E-state index contributed by atoms with van der Waals surface area (Å²) >= 11 is 0. The van der Waals surface area contributed by atoms with Gasteiger partial charge in [0.2, 0.25) is 0 Å². The molecule has 6 nitrogen and oxygen atoms in total. The van der Waals surface area contributed by atoms with Crippen molar-refractivity contribution in [2.24, 2.45) is 14.1 Å². The van der Waals surface area contributed by atoms with Crippen LogP contribution in [0.4, 0.5) is 0 Å². The first-order valence-electron chi connectivity index (χ1n) is 11.5. The van der Waals surface area contributed by atoms with Crippen LogP contribution < -0.4 is 15.7 Å². The second-order valence-electron chi connectivity index (χ2n) is 8.65. The van der Waals surface area contributed by atoms with Crippen LogP contribution in [0, 0.1) is 0 Å². The van der Waals surface area contributed by atoms with E-state index in [-0.39, 0.29) is 24.7 Å². The molecule has 33 heavy (non-hydrogen) atoms. The molecular formula is C26H34ClN3O3. The molecule has 0 radical (unpaired) electrons. The topological polar surface area (TPSA) is 68.4 Å². The van der Waals surface area contributed by atoms with Crippen LogP contribution in [0.25, 0.3) is 11.0 Å². The van der Waals surface area contributed by atoms with Gasteiger partial charge in [-0.25, -0.2) is 4.79 Å². The van der Waals surface area contributed by atoms with E-state index in [1.807, 2.05) is 30.3 Å². The largest absolute Gasteiger partial charge is 0.491 e. The van der Waals surface area contributed by atoms with Gasteiger partial charge in [-0.2, -0.15) is 0 Å². The molecule has 178 valence electrons. The number of aliphatic hydroxyl groups excluding tert-OH is 1. The van der Waals surface area contributed by atoms with Crippen molar-refractivity contribution in [2.75, 3.05) is 13.2 Å². The van der Waals surface area contributed by atoms with E-state index in [0.717, 1.165) is 41.9 Å². The summed E-state index contributed by atoms with van der Waals surface area (Å²) in [4.78, 5) is 12.1. The molecule has 0 saturated carbocycles. The molecule has 7 heteroatoms. The monoisotopic (exact) mass is 471 g/mol. The van der Waals surface area contributed by atoms with Crippen LogP contribution in [0.5, 0.6) is 5.75 Å². The van der Waals surface area contributed by atoms with Gasteiger partial charge in [-0.15, -0.1) is 12.4 Å². The van der Waals surface area contributed by atoms with Crippen molar-refractivity contribution in [3.63, 3.8) is 0 Å². The van der Waals surface area contributed by atoms with E-state index in [0.29, 0.717) is 0 Å². The number of allylic oxidation sites excluding steroid dienone is 1. The number of nitrogens with one attached hydrogen (secondary N) is 1. The smallest absolute Gasteiger partial charge is 0.328 e. The van der Waals surface area contributed by atoms with E-state index in [4.69, 9.17) is 4.74 Å². The number of imidazole rings is 1. The van der Waals surface area contributed by atoms with E-state index < -0.39 is 6.10 Å². The van der Waals surface area contributed by atoms with Crippen molar-refractivity contribution in [3.8, 4) is 5.75 Å². The maximum absolute atomic E-state index is 12.1. The Labute approximate surface area is 201 Å². The average molecular weight is 472 g/mol. The quantitative estimate of drug-likeness (QED) is 0.358. The summed E-state index contributed by atoms with van der Waals surface area (Å²) < 4.78 is 8.99. The van der Waals surface area contributed by atoms with Crippen LogP contribution in [0.3, 0.4) is 0 Å². The summed E-state index contributed by atoms with van der Waals surface area (Å²) in [5.74, 6) is 0.730. The summed E-state index contributed by atoms with van der Waals surface area (Å²) in [5.41, 5.74) is 5.10. The first kappa shape index (κ1) is 25.1. The molecule has 0 spiro atoms. The first-order chi connectivity index (χ1) is 15.5. The molecule has 0 amide bonds. The number of hydrogen-bond donors (Lipinski definition) is 2. The summed E-state index contributed by atoms with van der Waals surface area (Å²) in [6.45, 7) is 2.00. The zero-order chi connectivity index (χ0) is 22.5. The molecule has 1 atom stereocenters. The van der Waals surface area contributed by atoms with Gasteiger partial charge in [0, 0.05) is 20.6 Å². The number of fused-ring (bicyclic) bond motifs is 1. The maximum Gasteiger partial charge on any atom is 0.328 e. The van der Waals surface area contributed by atoms with Crippen molar-refractivity contribution in [3.05, 3.63) is 75.7 Å². The third kappa shape index (κ3) is 6.08. The van der Waals surface area contributed by atoms with Gasteiger partial charge in [0.25, 0.3) is 0 Å². The molecular weight excluding hydrogens is 438 g/mol. The number of aliphatic hydroxyl groups is 1. The van der Waals surface area contributed by atoms with Gasteiger partial charge < -0.3 is 15.2 Å².